The molecule has 0 bridgehead atoms. The van der Waals surface area contributed by atoms with Gasteiger partial charge in [-0.3, -0.25) is 10.1 Å². The van der Waals surface area contributed by atoms with Gasteiger partial charge in [-0.1, -0.05) is 30.3 Å². The quantitative estimate of drug-likeness (QED) is 0.464. The highest BCUT2D eigenvalue weighted by Gasteiger charge is 2.14. The molecule has 0 aliphatic rings. The third-order valence-corrected chi connectivity index (χ3v) is 4.76. The summed E-state index contributed by atoms with van der Waals surface area (Å²) in [5, 5.41) is 10.1. The van der Waals surface area contributed by atoms with Crippen LogP contribution in [0.2, 0.25) is 0 Å². The predicted octanol–water partition coefficient (Wildman–Crippen LogP) is 4.05. The number of rotatable bonds is 5. The normalized spacial score (nSPS) is 10.6. The first-order valence-electron chi connectivity index (χ1n) is 9.71. The van der Waals surface area contributed by atoms with E-state index in [1.165, 1.54) is 0 Å². The molecule has 4 rings (SSSR count). The summed E-state index contributed by atoms with van der Waals surface area (Å²) < 4.78 is 7.41. The van der Waals surface area contributed by atoms with E-state index in [9.17, 15) is 4.79 Å². The predicted molar refractivity (Wildman–Crippen MR) is 123 cm³/mol. The average Bonchev–Trinajstić information content (AvgIpc) is 3.18. The lowest BCUT2D eigenvalue weighted by molar-refractivity contribution is 0.0972. The molecule has 0 atom stereocenters. The molecule has 0 aliphatic heterocycles. The molecule has 2 aromatic carbocycles. The number of ether oxygens (including phenoxy) is 1. The smallest absolute Gasteiger partial charge is 0.278 e. The van der Waals surface area contributed by atoms with E-state index in [2.05, 4.69) is 20.7 Å². The van der Waals surface area contributed by atoms with E-state index in [4.69, 9.17) is 17.0 Å². The molecule has 2 aromatic heterocycles. The molecule has 1 amide bonds. The third kappa shape index (κ3) is 5.04. The maximum absolute atomic E-state index is 12.5. The van der Waals surface area contributed by atoms with Gasteiger partial charge in [0.05, 0.1) is 0 Å². The second kappa shape index (κ2) is 8.93. The van der Waals surface area contributed by atoms with Crippen molar-refractivity contribution in [2.45, 2.75) is 20.5 Å². The fourth-order valence-electron chi connectivity index (χ4n) is 3.10. The van der Waals surface area contributed by atoms with Crippen molar-refractivity contribution in [1.29, 1.82) is 0 Å². The van der Waals surface area contributed by atoms with Gasteiger partial charge < -0.3 is 10.1 Å². The number of hydrogen-bond acceptors (Lipinski definition) is 5. The van der Waals surface area contributed by atoms with Gasteiger partial charge in [0.1, 0.15) is 12.4 Å². The standard InChI is InChI=1S/C23H21N5O2S/c1-15-12-16(2)28-21(24-15)13-20(27-28)22(29)26-23(31)25-18-8-10-19(11-9-18)30-14-17-6-4-3-5-7-17/h3-13H,14H2,1-2H3,(H2,25,26,29,31). The summed E-state index contributed by atoms with van der Waals surface area (Å²) in [6, 6.07) is 20.8. The Kier molecular flexibility index (Phi) is 5.90. The molecule has 0 saturated heterocycles. The van der Waals surface area contributed by atoms with Gasteiger partial charge in [-0.05, 0) is 62.0 Å². The number of carbonyl (C=O) groups excluding carboxylic acids is 1. The van der Waals surface area contributed by atoms with Crippen molar-refractivity contribution in [1.82, 2.24) is 19.9 Å². The Bertz CT molecular complexity index is 1240. The van der Waals surface area contributed by atoms with E-state index in [-0.39, 0.29) is 10.8 Å². The number of benzene rings is 2. The lowest BCUT2D eigenvalue weighted by Crippen LogP contribution is -2.34. The van der Waals surface area contributed by atoms with Crippen LogP contribution in [0.1, 0.15) is 27.4 Å². The number of aryl methyl sites for hydroxylation is 2. The van der Waals surface area contributed by atoms with Crippen LogP contribution in [0.25, 0.3) is 5.65 Å². The summed E-state index contributed by atoms with van der Waals surface area (Å²) in [6.07, 6.45) is 0. The Morgan fingerprint density at radius 3 is 2.55 bits per heavy atom. The largest absolute Gasteiger partial charge is 0.489 e. The SMILES string of the molecule is Cc1cc(C)n2nc(C(=O)NC(=S)Nc3ccc(OCc4ccccc4)cc3)cc2n1. The zero-order valence-corrected chi connectivity index (χ0v) is 17.9. The van der Waals surface area contributed by atoms with Crippen molar-refractivity contribution in [3.05, 3.63) is 89.4 Å². The van der Waals surface area contributed by atoms with E-state index in [0.717, 1.165) is 28.4 Å². The van der Waals surface area contributed by atoms with Crippen molar-refractivity contribution in [2.75, 3.05) is 5.32 Å². The van der Waals surface area contributed by atoms with Crippen LogP contribution < -0.4 is 15.4 Å². The maximum atomic E-state index is 12.5. The summed E-state index contributed by atoms with van der Waals surface area (Å²) in [7, 11) is 0. The lowest BCUT2D eigenvalue weighted by Gasteiger charge is -2.10. The summed E-state index contributed by atoms with van der Waals surface area (Å²) in [5.74, 6) is 0.343. The molecule has 0 aliphatic carbocycles. The van der Waals surface area contributed by atoms with Crippen LogP contribution >= 0.6 is 12.2 Å². The van der Waals surface area contributed by atoms with Crippen LogP contribution in [-0.2, 0) is 6.61 Å². The average molecular weight is 432 g/mol. The van der Waals surface area contributed by atoms with Crippen LogP contribution in [-0.4, -0.2) is 25.6 Å². The van der Waals surface area contributed by atoms with Gasteiger partial charge in [0.2, 0.25) is 0 Å². The molecule has 8 heteroatoms. The zero-order chi connectivity index (χ0) is 21.8. The first-order valence-corrected chi connectivity index (χ1v) is 10.1. The molecule has 156 valence electrons. The van der Waals surface area contributed by atoms with Crippen LogP contribution in [0, 0.1) is 13.8 Å². The molecule has 0 unspecified atom stereocenters. The van der Waals surface area contributed by atoms with Crippen molar-refractivity contribution < 1.29 is 9.53 Å². The number of hydrogen-bond donors (Lipinski definition) is 2. The molecule has 0 saturated carbocycles. The molecule has 2 heterocycles. The second-order valence-corrected chi connectivity index (χ2v) is 7.45. The van der Waals surface area contributed by atoms with Gasteiger partial charge in [0, 0.05) is 23.1 Å². The highest BCUT2D eigenvalue weighted by atomic mass is 32.1. The van der Waals surface area contributed by atoms with E-state index in [0.29, 0.717) is 12.3 Å². The number of aromatic nitrogens is 3. The number of fused-ring (bicyclic) bond motifs is 1. The number of amides is 1. The number of nitrogens with zero attached hydrogens (tertiary/aromatic N) is 3. The summed E-state index contributed by atoms with van der Waals surface area (Å²) in [5.41, 5.74) is 4.46. The van der Waals surface area contributed by atoms with Crippen molar-refractivity contribution in [2.24, 2.45) is 0 Å². The van der Waals surface area contributed by atoms with Gasteiger partial charge in [-0.2, -0.15) is 5.10 Å². The first kappa shape index (κ1) is 20.5. The topological polar surface area (TPSA) is 80.6 Å². The number of nitrogens with one attached hydrogen (secondary N) is 2. The summed E-state index contributed by atoms with van der Waals surface area (Å²) in [4.78, 5) is 16.9. The zero-order valence-electron chi connectivity index (χ0n) is 17.1. The van der Waals surface area contributed by atoms with Gasteiger partial charge in [-0.25, -0.2) is 9.50 Å². The molecule has 0 radical (unpaired) electrons. The van der Waals surface area contributed by atoms with Gasteiger partial charge in [0.25, 0.3) is 5.91 Å². The number of carbonyl (C=O) groups is 1. The molecule has 7 nitrogen and oxygen atoms in total. The first-order chi connectivity index (χ1) is 15.0. The van der Waals surface area contributed by atoms with Crippen molar-refractivity contribution >= 4 is 34.6 Å². The lowest BCUT2D eigenvalue weighted by atomic mass is 10.2. The van der Waals surface area contributed by atoms with Gasteiger partial charge >= 0.3 is 0 Å². The Balaban J connectivity index is 1.34. The van der Waals surface area contributed by atoms with E-state index in [1.54, 1.807) is 10.6 Å². The van der Waals surface area contributed by atoms with Crippen LogP contribution in [0.3, 0.4) is 0 Å². The highest BCUT2D eigenvalue weighted by molar-refractivity contribution is 7.80. The molecular weight excluding hydrogens is 410 g/mol. The van der Waals surface area contributed by atoms with Crippen LogP contribution in [0.15, 0.2) is 66.7 Å². The molecule has 2 N–H and O–H groups in total. The molecule has 4 aromatic rings. The minimum atomic E-state index is -0.400. The minimum absolute atomic E-state index is 0.181. The summed E-state index contributed by atoms with van der Waals surface area (Å²) >= 11 is 5.26. The Hall–Kier alpha value is -3.78. The fourth-order valence-corrected chi connectivity index (χ4v) is 3.31. The van der Waals surface area contributed by atoms with Crippen molar-refractivity contribution in [3.63, 3.8) is 0 Å². The van der Waals surface area contributed by atoms with E-state index in [1.807, 2.05) is 74.5 Å². The monoisotopic (exact) mass is 431 g/mol. The Morgan fingerprint density at radius 2 is 1.81 bits per heavy atom. The maximum Gasteiger partial charge on any atom is 0.278 e. The Labute approximate surface area is 185 Å². The molecule has 0 fully saturated rings. The third-order valence-electron chi connectivity index (χ3n) is 4.55. The fraction of sp³-hybridized carbons (Fsp3) is 0.130. The second-order valence-electron chi connectivity index (χ2n) is 7.05. The van der Waals surface area contributed by atoms with Crippen LogP contribution in [0.4, 0.5) is 5.69 Å². The molecule has 31 heavy (non-hydrogen) atoms. The van der Waals surface area contributed by atoms with Gasteiger partial charge in [0.15, 0.2) is 16.5 Å². The van der Waals surface area contributed by atoms with E-state index < -0.39 is 5.91 Å². The molecular formula is C23H21N5O2S. The Morgan fingerprint density at radius 1 is 1.06 bits per heavy atom. The number of thiocarbonyl (C=S) groups is 1. The minimum Gasteiger partial charge on any atom is -0.489 e. The van der Waals surface area contributed by atoms with Crippen molar-refractivity contribution in [3.8, 4) is 5.75 Å². The van der Waals surface area contributed by atoms with E-state index >= 15 is 0 Å². The highest BCUT2D eigenvalue weighted by Crippen LogP contribution is 2.17. The van der Waals surface area contributed by atoms with Gasteiger partial charge in [-0.15, -0.1) is 0 Å². The summed E-state index contributed by atoms with van der Waals surface area (Å²) in [6.45, 7) is 4.31. The number of anilines is 1. The molecule has 0 spiro atoms. The van der Waals surface area contributed by atoms with Crippen LogP contribution in [0.5, 0.6) is 5.75 Å².